The number of allylic oxidation sites excluding steroid dienone is 1. The summed E-state index contributed by atoms with van der Waals surface area (Å²) < 4.78 is 1.67. The maximum absolute atomic E-state index is 3.92. The molecule has 1 aliphatic rings. The number of rotatable bonds is 1. The van der Waals surface area contributed by atoms with E-state index in [1.54, 1.807) is 10.7 Å². The Morgan fingerprint density at radius 2 is 2.62 bits per heavy atom. The summed E-state index contributed by atoms with van der Waals surface area (Å²) >= 11 is 1.52. The van der Waals surface area contributed by atoms with E-state index in [2.05, 4.69) is 10.5 Å². The van der Waals surface area contributed by atoms with Gasteiger partial charge in [0.25, 0.3) is 0 Å². The predicted molar refractivity (Wildman–Crippen MR) is 36.1 cm³/mol. The van der Waals surface area contributed by atoms with Gasteiger partial charge in [-0.3, -0.25) is 5.43 Å². The molecule has 1 N–H and O–H groups in total. The Morgan fingerprint density at radius 3 is 3.00 bits per heavy atom. The number of nitrogens with one attached hydrogen (secondary N) is 1. The molecule has 0 fully saturated rings. The van der Waals surface area contributed by atoms with E-state index >= 15 is 0 Å². The molecule has 0 aromatic rings. The molecule has 0 bridgehead atoms. The quantitative estimate of drug-likeness (QED) is 0.525. The lowest BCUT2D eigenvalue weighted by Crippen LogP contribution is -2.23. The van der Waals surface area contributed by atoms with E-state index in [9.17, 15) is 0 Å². The van der Waals surface area contributed by atoms with Crippen molar-refractivity contribution in [2.45, 2.75) is 0 Å². The zero-order chi connectivity index (χ0) is 5.82. The van der Waals surface area contributed by atoms with Crippen molar-refractivity contribution in [2.75, 3.05) is 6.26 Å². The number of nitrogens with zero attached hydrogens (tertiary/aromatic N) is 2. The fourth-order valence-electron chi connectivity index (χ4n) is 0.382. The highest BCUT2D eigenvalue weighted by Crippen LogP contribution is 2.01. The SMILES string of the molecule is CSN1N=CC=CN1. The fourth-order valence-corrected chi connectivity index (χ4v) is 0.697. The van der Waals surface area contributed by atoms with E-state index in [1.807, 2.05) is 18.5 Å². The molecule has 8 heavy (non-hydrogen) atoms. The number of hydrazine groups is 1. The van der Waals surface area contributed by atoms with Gasteiger partial charge in [0.1, 0.15) is 0 Å². The Labute approximate surface area is 52.5 Å². The molecule has 44 valence electrons. The van der Waals surface area contributed by atoms with Gasteiger partial charge < -0.3 is 0 Å². The van der Waals surface area contributed by atoms with E-state index in [1.165, 1.54) is 11.9 Å². The van der Waals surface area contributed by atoms with Crippen LogP contribution in [0.2, 0.25) is 0 Å². The first-order chi connectivity index (χ1) is 3.93. The van der Waals surface area contributed by atoms with Gasteiger partial charge in [0.05, 0.1) is 6.21 Å². The zero-order valence-corrected chi connectivity index (χ0v) is 5.35. The normalized spacial score (nSPS) is 16.4. The minimum absolute atomic E-state index is 1.52. The van der Waals surface area contributed by atoms with Crippen molar-refractivity contribution < 1.29 is 0 Å². The summed E-state index contributed by atoms with van der Waals surface area (Å²) in [6.45, 7) is 0. The molecular weight excluding hydrogens is 122 g/mol. The van der Waals surface area contributed by atoms with Gasteiger partial charge in [-0.05, 0) is 18.0 Å². The van der Waals surface area contributed by atoms with Crippen LogP contribution in [0.15, 0.2) is 17.4 Å². The summed E-state index contributed by atoms with van der Waals surface area (Å²) in [5, 5.41) is 3.92. The highest BCUT2D eigenvalue weighted by Gasteiger charge is 1.92. The van der Waals surface area contributed by atoms with Gasteiger partial charge in [-0.2, -0.15) is 5.10 Å². The van der Waals surface area contributed by atoms with Crippen molar-refractivity contribution in [3.8, 4) is 0 Å². The van der Waals surface area contributed by atoms with Crippen LogP contribution in [0.25, 0.3) is 0 Å². The van der Waals surface area contributed by atoms with Crippen LogP contribution in [-0.2, 0) is 0 Å². The summed E-state index contributed by atoms with van der Waals surface area (Å²) in [6, 6.07) is 0. The van der Waals surface area contributed by atoms with E-state index in [0.29, 0.717) is 0 Å². The summed E-state index contributed by atoms with van der Waals surface area (Å²) in [4.78, 5) is 0. The van der Waals surface area contributed by atoms with Gasteiger partial charge in [-0.15, -0.1) is 4.52 Å². The van der Waals surface area contributed by atoms with E-state index in [-0.39, 0.29) is 0 Å². The standard InChI is InChI=1S/C4H7N3S/c1-8-7-5-3-2-4-6-7/h2-5H,1H3. The number of hydrogen-bond acceptors (Lipinski definition) is 4. The minimum atomic E-state index is 1.52. The lowest BCUT2D eigenvalue weighted by atomic mass is 10.7. The summed E-state index contributed by atoms with van der Waals surface area (Å²) in [6.07, 6.45) is 7.34. The number of hydrazone groups is 1. The fraction of sp³-hybridized carbons (Fsp3) is 0.250. The van der Waals surface area contributed by atoms with Gasteiger partial charge in [-0.1, -0.05) is 0 Å². The van der Waals surface area contributed by atoms with Crippen molar-refractivity contribution in [1.82, 2.24) is 9.95 Å². The maximum Gasteiger partial charge on any atom is 0.0516 e. The maximum atomic E-state index is 3.92. The number of hydrogen-bond donors (Lipinski definition) is 1. The average molecular weight is 129 g/mol. The lowest BCUT2D eigenvalue weighted by Gasteiger charge is -2.15. The minimum Gasteiger partial charge on any atom is -0.279 e. The van der Waals surface area contributed by atoms with Crippen LogP contribution in [0, 0.1) is 0 Å². The molecule has 0 atom stereocenters. The van der Waals surface area contributed by atoms with Gasteiger partial charge in [0.2, 0.25) is 0 Å². The first kappa shape index (κ1) is 5.50. The van der Waals surface area contributed by atoms with E-state index < -0.39 is 0 Å². The summed E-state index contributed by atoms with van der Waals surface area (Å²) in [7, 11) is 0. The van der Waals surface area contributed by atoms with Crippen LogP contribution in [-0.4, -0.2) is 17.0 Å². The molecular formula is C4H7N3S. The van der Waals surface area contributed by atoms with Crippen LogP contribution >= 0.6 is 11.9 Å². The smallest absolute Gasteiger partial charge is 0.0516 e. The average Bonchev–Trinajstić information content (AvgIpc) is 1.90. The lowest BCUT2D eigenvalue weighted by molar-refractivity contribution is 0.433. The molecule has 0 radical (unpaired) electrons. The second-order valence-corrected chi connectivity index (χ2v) is 1.92. The van der Waals surface area contributed by atoms with Gasteiger partial charge >= 0.3 is 0 Å². The van der Waals surface area contributed by atoms with Crippen molar-refractivity contribution >= 4 is 18.2 Å². The molecule has 0 saturated carbocycles. The second-order valence-electron chi connectivity index (χ2n) is 1.21. The first-order valence-corrected chi connectivity index (χ1v) is 3.41. The van der Waals surface area contributed by atoms with Crippen molar-refractivity contribution in [2.24, 2.45) is 5.10 Å². The Bertz CT molecular complexity index is 120. The third kappa shape index (κ3) is 1.16. The van der Waals surface area contributed by atoms with Crippen LogP contribution in [0.5, 0.6) is 0 Å². The molecule has 1 heterocycles. The predicted octanol–water partition coefficient (Wildman–Crippen LogP) is 0.584. The van der Waals surface area contributed by atoms with Crippen molar-refractivity contribution in [1.29, 1.82) is 0 Å². The molecule has 4 heteroatoms. The van der Waals surface area contributed by atoms with Crippen molar-refractivity contribution in [3.05, 3.63) is 12.3 Å². The Hall–Kier alpha value is -0.640. The van der Waals surface area contributed by atoms with Crippen LogP contribution < -0.4 is 5.43 Å². The molecule has 1 rings (SSSR count). The molecule has 0 unspecified atom stereocenters. The van der Waals surface area contributed by atoms with Gasteiger partial charge in [-0.25, -0.2) is 0 Å². The van der Waals surface area contributed by atoms with Gasteiger partial charge in [0.15, 0.2) is 0 Å². The van der Waals surface area contributed by atoms with E-state index in [0.717, 1.165) is 0 Å². The molecule has 1 aliphatic heterocycles. The highest BCUT2D eigenvalue weighted by molar-refractivity contribution is 7.96. The Morgan fingerprint density at radius 1 is 1.75 bits per heavy atom. The molecule has 0 spiro atoms. The largest absolute Gasteiger partial charge is 0.279 e. The van der Waals surface area contributed by atoms with Crippen molar-refractivity contribution in [3.63, 3.8) is 0 Å². The van der Waals surface area contributed by atoms with E-state index in [4.69, 9.17) is 0 Å². The molecule has 0 aromatic carbocycles. The molecule has 0 aromatic heterocycles. The highest BCUT2D eigenvalue weighted by atomic mass is 32.2. The Balaban J connectivity index is 2.40. The summed E-state index contributed by atoms with van der Waals surface area (Å²) in [5.41, 5.74) is 2.89. The van der Waals surface area contributed by atoms with Crippen LogP contribution in [0.1, 0.15) is 0 Å². The van der Waals surface area contributed by atoms with Crippen LogP contribution in [0.3, 0.4) is 0 Å². The van der Waals surface area contributed by atoms with Gasteiger partial charge in [0, 0.05) is 12.5 Å². The second kappa shape index (κ2) is 2.61. The molecule has 0 aliphatic carbocycles. The summed E-state index contributed by atoms with van der Waals surface area (Å²) in [5.74, 6) is 0. The topological polar surface area (TPSA) is 27.6 Å². The Kier molecular flexibility index (Phi) is 1.80. The molecule has 0 saturated heterocycles. The first-order valence-electron chi connectivity index (χ1n) is 2.23. The third-order valence-electron chi connectivity index (χ3n) is 0.712. The van der Waals surface area contributed by atoms with Crippen LogP contribution in [0.4, 0.5) is 0 Å². The third-order valence-corrected chi connectivity index (χ3v) is 1.26. The molecule has 0 amide bonds. The zero-order valence-electron chi connectivity index (χ0n) is 4.53. The molecule has 3 nitrogen and oxygen atoms in total. The monoisotopic (exact) mass is 129 g/mol.